The number of thiophene rings is 1. The second kappa shape index (κ2) is 8.21. The summed E-state index contributed by atoms with van der Waals surface area (Å²) < 4.78 is 5.47. The normalized spacial score (nSPS) is 18.4. The Kier molecular flexibility index (Phi) is 5.52. The number of rotatable bonds is 5. The van der Waals surface area contributed by atoms with Gasteiger partial charge in [0.05, 0.1) is 19.3 Å². The van der Waals surface area contributed by atoms with Crippen molar-refractivity contribution < 1.29 is 14.3 Å². The number of aryl methyl sites for hydroxylation is 1. The number of hydrogen-bond donors (Lipinski definition) is 2. The highest BCUT2D eigenvalue weighted by Crippen LogP contribution is 2.26. The van der Waals surface area contributed by atoms with Gasteiger partial charge in [-0.2, -0.15) is 0 Å². The highest BCUT2D eigenvalue weighted by molar-refractivity contribution is 7.10. The van der Waals surface area contributed by atoms with Crippen LogP contribution in [0, 0.1) is 0 Å². The molecule has 2 aromatic rings. The molecule has 142 valence electrons. The van der Waals surface area contributed by atoms with E-state index < -0.39 is 0 Å². The average Bonchev–Trinajstić information content (AvgIpc) is 3.23. The minimum absolute atomic E-state index is 0.0315. The molecule has 0 radical (unpaired) electrons. The summed E-state index contributed by atoms with van der Waals surface area (Å²) in [6, 6.07) is 9.81. The van der Waals surface area contributed by atoms with Crippen LogP contribution in [-0.2, 0) is 16.0 Å². The molecule has 6 nitrogen and oxygen atoms in total. The number of benzene rings is 1. The molecule has 4 rings (SSSR count). The topological polar surface area (TPSA) is 70.7 Å². The zero-order chi connectivity index (χ0) is 18.6. The summed E-state index contributed by atoms with van der Waals surface area (Å²) in [6.07, 6.45) is 1.14. The van der Waals surface area contributed by atoms with Gasteiger partial charge in [-0.05, 0) is 41.6 Å². The summed E-state index contributed by atoms with van der Waals surface area (Å²) >= 11 is 1.72. The van der Waals surface area contributed by atoms with Gasteiger partial charge in [0, 0.05) is 42.2 Å². The van der Waals surface area contributed by atoms with Crippen LogP contribution in [0.5, 0.6) is 0 Å². The SMILES string of the molecule is O=C1CCc2cc(C(=O)NCC(c3cccs3)N3CCOCC3)ccc2N1. The predicted octanol–water partition coefficient (Wildman–Crippen LogP) is 2.44. The van der Waals surface area contributed by atoms with Crippen LogP contribution in [0.15, 0.2) is 35.7 Å². The van der Waals surface area contributed by atoms with E-state index in [9.17, 15) is 9.59 Å². The van der Waals surface area contributed by atoms with Gasteiger partial charge < -0.3 is 15.4 Å². The van der Waals surface area contributed by atoms with Gasteiger partial charge in [0.2, 0.25) is 5.91 Å². The molecule has 0 saturated carbocycles. The van der Waals surface area contributed by atoms with Gasteiger partial charge in [-0.3, -0.25) is 14.5 Å². The van der Waals surface area contributed by atoms with Crippen LogP contribution in [-0.4, -0.2) is 49.6 Å². The number of carbonyl (C=O) groups is 2. The fourth-order valence-corrected chi connectivity index (χ4v) is 4.46. The molecule has 3 heterocycles. The van der Waals surface area contributed by atoms with Gasteiger partial charge in [-0.25, -0.2) is 0 Å². The van der Waals surface area contributed by atoms with Gasteiger partial charge in [-0.1, -0.05) is 6.07 Å². The summed E-state index contributed by atoms with van der Waals surface area (Å²) in [7, 11) is 0. The fraction of sp³-hybridized carbons (Fsp3) is 0.400. The Morgan fingerprint density at radius 3 is 2.89 bits per heavy atom. The highest BCUT2D eigenvalue weighted by Gasteiger charge is 2.24. The molecule has 1 fully saturated rings. The van der Waals surface area contributed by atoms with E-state index in [0.717, 1.165) is 37.6 Å². The van der Waals surface area contributed by atoms with E-state index >= 15 is 0 Å². The number of anilines is 1. The van der Waals surface area contributed by atoms with Gasteiger partial charge in [0.25, 0.3) is 5.91 Å². The molecular weight excluding hydrogens is 362 g/mol. The smallest absolute Gasteiger partial charge is 0.251 e. The number of fused-ring (bicyclic) bond motifs is 1. The Bertz CT molecular complexity index is 816. The number of hydrogen-bond acceptors (Lipinski definition) is 5. The summed E-state index contributed by atoms with van der Waals surface area (Å²) in [4.78, 5) is 27.8. The van der Waals surface area contributed by atoms with Crippen molar-refractivity contribution in [3.05, 3.63) is 51.7 Å². The van der Waals surface area contributed by atoms with Crippen molar-refractivity contribution in [1.82, 2.24) is 10.2 Å². The molecule has 2 amide bonds. The molecule has 0 spiro atoms. The van der Waals surface area contributed by atoms with Crippen LogP contribution in [0.2, 0.25) is 0 Å². The fourth-order valence-electron chi connectivity index (χ4n) is 3.60. The molecule has 2 aliphatic heterocycles. The Morgan fingerprint density at radius 2 is 2.11 bits per heavy atom. The molecule has 0 aliphatic carbocycles. The van der Waals surface area contributed by atoms with Gasteiger partial charge in [0.1, 0.15) is 0 Å². The van der Waals surface area contributed by atoms with Crippen molar-refractivity contribution in [3.63, 3.8) is 0 Å². The molecule has 27 heavy (non-hydrogen) atoms. The van der Waals surface area contributed by atoms with E-state index in [0.29, 0.717) is 24.9 Å². The first kappa shape index (κ1) is 18.2. The van der Waals surface area contributed by atoms with E-state index in [1.165, 1.54) is 4.88 Å². The molecule has 1 aromatic heterocycles. The van der Waals surface area contributed by atoms with Gasteiger partial charge >= 0.3 is 0 Å². The zero-order valence-electron chi connectivity index (χ0n) is 15.1. The van der Waals surface area contributed by atoms with Crippen LogP contribution in [0.1, 0.15) is 33.3 Å². The summed E-state index contributed by atoms with van der Waals surface area (Å²) in [6.45, 7) is 3.76. The largest absolute Gasteiger partial charge is 0.379 e. The third-order valence-corrected chi connectivity index (χ3v) is 6.05. The monoisotopic (exact) mass is 385 g/mol. The van der Waals surface area contributed by atoms with Crippen molar-refractivity contribution in [2.45, 2.75) is 18.9 Å². The maximum Gasteiger partial charge on any atom is 0.251 e. The van der Waals surface area contributed by atoms with E-state index in [4.69, 9.17) is 4.74 Å². The quantitative estimate of drug-likeness (QED) is 0.829. The van der Waals surface area contributed by atoms with E-state index in [-0.39, 0.29) is 17.9 Å². The second-order valence-electron chi connectivity index (χ2n) is 6.81. The maximum atomic E-state index is 12.7. The van der Waals surface area contributed by atoms with Crippen LogP contribution in [0.4, 0.5) is 5.69 Å². The van der Waals surface area contributed by atoms with Crippen molar-refractivity contribution >= 4 is 28.8 Å². The third kappa shape index (κ3) is 4.21. The molecule has 2 aliphatic rings. The van der Waals surface area contributed by atoms with Crippen LogP contribution in [0.3, 0.4) is 0 Å². The minimum atomic E-state index is -0.0792. The lowest BCUT2D eigenvalue weighted by atomic mass is 10.00. The Morgan fingerprint density at radius 1 is 1.26 bits per heavy atom. The summed E-state index contributed by atoms with van der Waals surface area (Å²) in [5.41, 5.74) is 2.47. The van der Waals surface area contributed by atoms with Crippen molar-refractivity contribution in [1.29, 1.82) is 0 Å². The number of ether oxygens (including phenoxy) is 1. The number of amides is 2. The van der Waals surface area contributed by atoms with Crippen LogP contribution >= 0.6 is 11.3 Å². The maximum absolute atomic E-state index is 12.7. The van der Waals surface area contributed by atoms with Gasteiger partial charge in [0.15, 0.2) is 0 Å². The van der Waals surface area contributed by atoms with Crippen LogP contribution in [0.25, 0.3) is 0 Å². The van der Waals surface area contributed by atoms with Crippen LogP contribution < -0.4 is 10.6 Å². The first-order valence-electron chi connectivity index (χ1n) is 9.27. The number of morpholine rings is 1. The second-order valence-corrected chi connectivity index (χ2v) is 7.79. The average molecular weight is 385 g/mol. The molecule has 1 atom stereocenters. The highest BCUT2D eigenvalue weighted by atomic mass is 32.1. The Labute approximate surface area is 162 Å². The Hall–Kier alpha value is -2.22. The number of nitrogens with one attached hydrogen (secondary N) is 2. The molecule has 0 bridgehead atoms. The number of nitrogens with zero attached hydrogens (tertiary/aromatic N) is 1. The molecule has 1 aromatic carbocycles. The first-order chi connectivity index (χ1) is 13.2. The predicted molar refractivity (Wildman–Crippen MR) is 105 cm³/mol. The summed E-state index contributed by atoms with van der Waals surface area (Å²) in [5.74, 6) is -0.0477. The molecule has 1 unspecified atom stereocenters. The lowest BCUT2D eigenvalue weighted by Gasteiger charge is -2.34. The molecule has 7 heteroatoms. The van der Waals surface area contributed by atoms with E-state index in [2.05, 4.69) is 27.0 Å². The standard InChI is InChI=1S/C20H23N3O3S/c24-19-6-4-14-12-15(3-5-16(14)22-19)20(25)21-13-17(18-2-1-11-27-18)23-7-9-26-10-8-23/h1-3,5,11-12,17H,4,6-10,13H2,(H,21,25)(H,22,24). The lowest BCUT2D eigenvalue weighted by molar-refractivity contribution is -0.116. The third-order valence-electron chi connectivity index (χ3n) is 5.08. The molecular formula is C20H23N3O3S. The first-order valence-corrected chi connectivity index (χ1v) is 10.1. The zero-order valence-corrected chi connectivity index (χ0v) is 15.9. The minimum Gasteiger partial charge on any atom is -0.379 e. The van der Waals surface area contributed by atoms with Crippen molar-refractivity contribution in [2.24, 2.45) is 0 Å². The molecule has 2 N–H and O–H groups in total. The van der Waals surface area contributed by atoms with E-state index in [1.54, 1.807) is 17.4 Å². The van der Waals surface area contributed by atoms with E-state index in [1.807, 2.05) is 18.2 Å². The summed E-state index contributed by atoms with van der Waals surface area (Å²) in [5, 5.41) is 8.02. The van der Waals surface area contributed by atoms with Crippen molar-refractivity contribution in [2.75, 3.05) is 38.2 Å². The number of carbonyl (C=O) groups excluding carboxylic acids is 2. The lowest BCUT2D eigenvalue weighted by Crippen LogP contribution is -2.43. The van der Waals surface area contributed by atoms with Gasteiger partial charge in [-0.15, -0.1) is 11.3 Å². The molecule has 1 saturated heterocycles. The van der Waals surface area contributed by atoms with Crippen molar-refractivity contribution in [3.8, 4) is 0 Å². The Balaban J connectivity index is 1.44.